The molecule has 0 spiro atoms. The second kappa shape index (κ2) is 7.34. The van der Waals surface area contributed by atoms with E-state index in [9.17, 15) is 9.59 Å². The molecule has 1 unspecified atom stereocenters. The van der Waals surface area contributed by atoms with Crippen LogP contribution < -0.4 is 5.32 Å². The number of hydrogen-bond acceptors (Lipinski definition) is 5. The molecule has 0 fully saturated rings. The van der Waals surface area contributed by atoms with E-state index in [0.29, 0.717) is 17.8 Å². The molecule has 3 heterocycles. The Balaban J connectivity index is 1.76. The van der Waals surface area contributed by atoms with E-state index in [0.717, 1.165) is 29.1 Å². The quantitative estimate of drug-likeness (QED) is 0.786. The van der Waals surface area contributed by atoms with Gasteiger partial charge in [-0.05, 0) is 60.2 Å². The maximum absolute atomic E-state index is 13.3. The molecule has 1 N–H and O–H groups in total. The van der Waals surface area contributed by atoms with Gasteiger partial charge in [-0.15, -0.1) is 0 Å². The van der Waals surface area contributed by atoms with Gasteiger partial charge in [0.25, 0.3) is 0 Å². The number of carbonyl (C=O) groups is 2. The normalized spacial score (nSPS) is 23.4. The van der Waals surface area contributed by atoms with Crippen molar-refractivity contribution >= 4 is 34.6 Å². The summed E-state index contributed by atoms with van der Waals surface area (Å²) in [5.74, 6) is -0.388. The zero-order valence-corrected chi connectivity index (χ0v) is 18.0. The number of allylic oxidation sites excluding steroid dienone is 2. The van der Waals surface area contributed by atoms with Gasteiger partial charge in [0, 0.05) is 35.0 Å². The second-order valence-corrected chi connectivity index (χ2v) is 9.50. The number of Topliss-reactive ketones (excluding diaryl/α,β-unsaturated/α-hetero) is 1. The first-order valence-corrected chi connectivity index (χ1v) is 10.8. The average Bonchev–Trinajstić information content (AvgIpc) is 3.13. The maximum atomic E-state index is 13.3. The molecule has 2 atom stereocenters. The number of ketones is 1. The van der Waals surface area contributed by atoms with E-state index in [-0.39, 0.29) is 23.0 Å². The number of nitrogens with zero attached hydrogens (tertiary/aromatic N) is 2. The highest BCUT2D eigenvalue weighted by atomic mass is 32.1. The van der Waals surface area contributed by atoms with Crippen LogP contribution in [0.2, 0.25) is 0 Å². The van der Waals surface area contributed by atoms with E-state index in [4.69, 9.17) is 4.99 Å². The predicted octanol–water partition coefficient (Wildman–Crippen LogP) is 4.91. The third-order valence-corrected chi connectivity index (χ3v) is 6.33. The molecule has 1 aliphatic heterocycles. The number of amides is 1. The first-order valence-electron chi connectivity index (χ1n) is 9.83. The summed E-state index contributed by atoms with van der Waals surface area (Å²) in [5, 5.41) is 6.96. The van der Waals surface area contributed by atoms with Gasteiger partial charge < -0.3 is 5.32 Å². The summed E-state index contributed by atoms with van der Waals surface area (Å²) >= 11 is 1.58. The number of carbonyl (C=O) groups excluding carboxylic acids is 2. The Morgan fingerprint density at radius 3 is 2.69 bits per heavy atom. The monoisotopic (exact) mass is 407 g/mol. The Morgan fingerprint density at radius 2 is 2.00 bits per heavy atom. The Labute approximate surface area is 175 Å². The van der Waals surface area contributed by atoms with Gasteiger partial charge in [-0.25, -0.2) is 4.98 Å². The molecule has 2 aromatic rings. The highest BCUT2D eigenvalue weighted by Gasteiger charge is 2.45. The number of aromatic nitrogens is 1. The van der Waals surface area contributed by atoms with Crippen LogP contribution in [0.5, 0.6) is 0 Å². The zero-order valence-electron chi connectivity index (χ0n) is 17.2. The molecule has 6 heteroatoms. The molecule has 0 saturated heterocycles. The summed E-state index contributed by atoms with van der Waals surface area (Å²) < 4.78 is 0. The number of pyridine rings is 1. The number of anilines is 1. The van der Waals surface area contributed by atoms with Crippen LogP contribution in [0.25, 0.3) is 0 Å². The first kappa shape index (κ1) is 19.7. The van der Waals surface area contributed by atoms with E-state index in [2.05, 4.69) is 24.1 Å². The molecular formula is C23H25N3O2S. The number of rotatable bonds is 3. The summed E-state index contributed by atoms with van der Waals surface area (Å²) in [6.45, 7) is 7.97. The molecule has 0 bridgehead atoms. The predicted molar refractivity (Wildman–Crippen MR) is 116 cm³/mol. The SMILES string of the molecule is CC1=NC2=C(C(=O)CC(C)(C)C2)[C@@H](c2ccsc2)C1C(=O)Nc1cccc(C)n1. The molecule has 1 amide bonds. The van der Waals surface area contributed by atoms with Crippen molar-refractivity contribution in [2.45, 2.75) is 46.5 Å². The van der Waals surface area contributed by atoms with Crippen LogP contribution in [0.3, 0.4) is 0 Å². The smallest absolute Gasteiger partial charge is 0.235 e. The van der Waals surface area contributed by atoms with E-state index in [1.807, 2.05) is 42.8 Å². The van der Waals surface area contributed by atoms with Crippen LogP contribution >= 0.6 is 11.3 Å². The molecule has 0 radical (unpaired) electrons. The fraction of sp³-hybridized carbons (Fsp3) is 0.391. The van der Waals surface area contributed by atoms with Crippen molar-refractivity contribution in [2.75, 3.05) is 5.32 Å². The van der Waals surface area contributed by atoms with Crippen LogP contribution in [-0.4, -0.2) is 22.4 Å². The molecule has 5 nitrogen and oxygen atoms in total. The fourth-order valence-corrected chi connectivity index (χ4v) is 5.11. The maximum Gasteiger partial charge on any atom is 0.235 e. The van der Waals surface area contributed by atoms with Crippen LogP contribution in [-0.2, 0) is 9.59 Å². The number of aliphatic imine (C=N–C) groups is 1. The van der Waals surface area contributed by atoms with Gasteiger partial charge in [0.05, 0.1) is 5.92 Å². The van der Waals surface area contributed by atoms with Crippen molar-refractivity contribution in [1.29, 1.82) is 0 Å². The molecule has 150 valence electrons. The van der Waals surface area contributed by atoms with Gasteiger partial charge in [0.15, 0.2) is 5.78 Å². The van der Waals surface area contributed by atoms with E-state index in [1.165, 1.54) is 0 Å². The van der Waals surface area contributed by atoms with Gasteiger partial charge >= 0.3 is 0 Å². The topological polar surface area (TPSA) is 71.4 Å². The van der Waals surface area contributed by atoms with Crippen LogP contribution in [0.1, 0.15) is 50.8 Å². The van der Waals surface area contributed by atoms with Crippen molar-refractivity contribution in [3.63, 3.8) is 0 Å². The number of hydrogen-bond donors (Lipinski definition) is 1. The minimum absolute atomic E-state index is 0.107. The van der Waals surface area contributed by atoms with E-state index in [1.54, 1.807) is 17.4 Å². The van der Waals surface area contributed by atoms with E-state index < -0.39 is 5.92 Å². The number of aryl methyl sites for hydroxylation is 1. The minimum Gasteiger partial charge on any atom is -0.310 e. The lowest BCUT2D eigenvalue weighted by molar-refractivity contribution is -0.119. The van der Waals surface area contributed by atoms with Crippen molar-refractivity contribution in [3.05, 3.63) is 57.6 Å². The molecule has 1 aliphatic carbocycles. The third kappa shape index (κ3) is 3.81. The summed E-state index contributed by atoms with van der Waals surface area (Å²) in [7, 11) is 0. The highest BCUT2D eigenvalue weighted by molar-refractivity contribution is 7.08. The molecule has 29 heavy (non-hydrogen) atoms. The fourth-order valence-electron chi connectivity index (χ4n) is 4.41. The van der Waals surface area contributed by atoms with Gasteiger partial charge in [-0.1, -0.05) is 19.9 Å². The molecule has 2 aromatic heterocycles. The standard InChI is InChI=1S/C23H25N3O2S/c1-13-6-5-7-18(24-13)26-22(28)19-14(2)25-16-10-23(3,4)11-17(27)21(16)20(19)15-8-9-29-12-15/h5-9,12,19-20H,10-11H2,1-4H3,(H,24,26,28)/t19?,20-/m0/s1. The third-order valence-electron chi connectivity index (χ3n) is 5.63. The largest absolute Gasteiger partial charge is 0.310 e. The van der Waals surface area contributed by atoms with Gasteiger partial charge in [0.2, 0.25) is 5.91 Å². The van der Waals surface area contributed by atoms with Gasteiger partial charge in [-0.2, -0.15) is 11.3 Å². The second-order valence-electron chi connectivity index (χ2n) is 8.72. The highest BCUT2D eigenvalue weighted by Crippen LogP contribution is 2.48. The Kier molecular flexibility index (Phi) is 4.99. The molecule has 0 aromatic carbocycles. The van der Waals surface area contributed by atoms with Crippen LogP contribution in [0, 0.1) is 18.3 Å². The summed E-state index contributed by atoms with van der Waals surface area (Å²) in [5.41, 5.74) is 4.03. The van der Waals surface area contributed by atoms with Crippen LogP contribution in [0.15, 0.2) is 51.3 Å². The molecular weight excluding hydrogens is 382 g/mol. The molecule has 4 rings (SSSR count). The number of thiophene rings is 1. The Hall–Kier alpha value is -2.60. The minimum atomic E-state index is -0.532. The summed E-state index contributed by atoms with van der Waals surface area (Å²) in [6, 6.07) is 7.54. The summed E-state index contributed by atoms with van der Waals surface area (Å²) in [6.07, 6.45) is 1.23. The average molecular weight is 408 g/mol. The van der Waals surface area contributed by atoms with Crippen molar-refractivity contribution < 1.29 is 9.59 Å². The Bertz CT molecular complexity index is 1030. The number of nitrogens with one attached hydrogen (secondary N) is 1. The van der Waals surface area contributed by atoms with Gasteiger partial charge in [0.1, 0.15) is 5.82 Å². The van der Waals surface area contributed by atoms with Gasteiger partial charge in [-0.3, -0.25) is 14.6 Å². The van der Waals surface area contributed by atoms with Crippen molar-refractivity contribution in [3.8, 4) is 0 Å². The summed E-state index contributed by atoms with van der Waals surface area (Å²) in [4.78, 5) is 35.7. The van der Waals surface area contributed by atoms with Crippen LogP contribution in [0.4, 0.5) is 5.82 Å². The van der Waals surface area contributed by atoms with Crippen molar-refractivity contribution in [2.24, 2.45) is 16.3 Å². The lowest BCUT2D eigenvalue weighted by Gasteiger charge is -2.38. The molecule has 0 saturated carbocycles. The first-order chi connectivity index (χ1) is 13.7. The van der Waals surface area contributed by atoms with E-state index >= 15 is 0 Å². The lowest BCUT2D eigenvalue weighted by atomic mass is 9.67. The lowest BCUT2D eigenvalue weighted by Crippen LogP contribution is -2.40. The Morgan fingerprint density at radius 1 is 1.21 bits per heavy atom. The van der Waals surface area contributed by atoms with Crippen molar-refractivity contribution in [1.82, 2.24) is 4.98 Å². The molecule has 2 aliphatic rings. The zero-order chi connectivity index (χ0) is 20.8.